The molecule has 1 aromatic rings. The zero-order valence-electron chi connectivity index (χ0n) is 11.5. The largest absolute Gasteiger partial charge is 0.391 e. The third kappa shape index (κ3) is 2.45. The second-order valence-electron chi connectivity index (χ2n) is 4.10. The van der Waals surface area contributed by atoms with Crippen LogP contribution in [-0.4, -0.2) is 43.4 Å². The van der Waals surface area contributed by atoms with E-state index in [1.165, 1.54) is 0 Å². The van der Waals surface area contributed by atoms with Crippen molar-refractivity contribution in [3.8, 4) is 0 Å². The topological polar surface area (TPSA) is 125 Å². The molecule has 0 unspecified atom stereocenters. The summed E-state index contributed by atoms with van der Waals surface area (Å²) in [4.78, 5) is 24.8. The van der Waals surface area contributed by atoms with E-state index >= 15 is 0 Å². The maximum Gasteiger partial charge on any atom is 0.330 e. The van der Waals surface area contributed by atoms with Crippen LogP contribution in [0.4, 0.5) is 4.39 Å². The minimum atomic E-state index is -3.39. The first kappa shape index (κ1) is 11.3. The number of aliphatic hydroxyl groups excluding tert-OH is 2. The summed E-state index contributed by atoms with van der Waals surface area (Å²) in [6, 6.07) is 0. The summed E-state index contributed by atoms with van der Waals surface area (Å²) in [5.41, 5.74) is -2.12. The molecule has 8 nitrogen and oxygen atoms in total. The molecular weight excluding hydrogens is 263 g/mol. The molecular formula is C10H13FN2O6. The van der Waals surface area contributed by atoms with E-state index in [1.807, 2.05) is 4.98 Å². The van der Waals surface area contributed by atoms with Gasteiger partial charge in [0.1, 0.15) is 12.7 Å². The van der Waals surface area contributed by atoms with E-state index in [1.54, 1.807) is 0 Å². The van der Waals surface area contributed by atoms with Crippen molar-refractivity contribution in [1.29, 1.82) is 0 Å². The molecule has 19 heavy (non-hydrogen) atoms. The Bertz CT molecular complexity index is 656. The van der Waals surface area contributed by atoms with Gasteiger partial charge in [0.15, 0.2) is 6.23 Å². The van der Waals surface area contributed by atoms with Crippen LogP contribution < -0.4 is 11.2 Å². The van der Waals surface area contributed by atoms with E-state index in [9.17, 15) is 19.1 Å². The summed E-state index contributed by atoms with van der Waals surface area (Å²) >= 11 is 0. The normalized spacial score (nSPS) is 33.1. The fraction of sp³-hybridized carbons (Fsp3) is 0.600. The third-order valence-corrected chi connectivity index (χ3v) is 2.76. The van der Waals surface area contributed by atoms with Gasteiger partial charge in [-0.15, -0.1) is 0 Å². The zero-order chi connectivity index (χ0) is 16.0. The number of hydrogen-bond acceptors (Lipinski definition) is 6. The molecule has 4 N–H and O–H groups in total. The number of halogens is 1. The lowest BCUT2D eigenvalue weighted by molar-refractivity contribution is -0.181. The van der Waals surface area contributed by atoms with Crippen molar-refractivity contribution in [2.24, 2.45) is 0 Å². The summed E-state index contributed by atoms with van der Waals surface area (Å²) in [5, 5.41) is 27.8. The molecule has 1 saturated heterocycles. The molecule has 2 heterocycles. The van der Waals surface area contributed by atoms with Gasteiger partial charge in [-0.05, 0) is 0 Å². The zero-order valence-corrected chi connectivity index (χ0v) is 9.54. The Kier molecular flexibility index (Phi) is 2.88. The van der Waals surface area contributed by atoms with E-state index < -0.39 is 49.0 Å². The average molecular weight is 278 g/mol. The van der Waals surface area contributed by atoms with Crippen LogP contribution in [0.25, 0.3) is 0 Å². The van der Waals surface area contributed by atoms with Gasteiger partial charge in [0.05, 0.1) is 14.9 Å². The molecule has 3 atom stereocenters. The average Bonchev–Trinajstić information content (AvgIpc) is 2.66. The molecule has 0 aliphatic carbocycles. The predicted octanol–water partition coefficient (Wildman–Crippen LogP) is -2.03. The van der Waals surface area contributed by atoms with Crippen molar-refractivity contribution in [2.75, 3.05) is 6.56 Å². The molecule has 1 aliphatic heterocycles. The van der Waals surface area contributed by atoms with Crippen LogP contribution in [0.1, 0.15) is 21.0 Å². The Balaban J connectivity index is 2.45. The minimum absolute atomic E-state index is 0.228. The molecule has 0 amide bonds. The number of aliphatic hydroxyl groups is 3. The second-order valence-corrected chi connectivity index (χ2v) is 4.10. The lowest BCUT2D eigenvalue weighted by Crippen LogP contribution is -2.37. The molecule has 1 aliphatic rings. The number of ether oxygens (including phenoxy) is 1. The van der Waals surface area contributed by atoms with Crippen LogP contribution in [0.3, 0.4) is 0 Å². The molecule has 1 aromatic heterocycles. The molecule has 0 saturated carbocycles. The van der Waals surface area contributed by atoms with Crippen molar-refractivity contribution in [2.45, 2.75) is 31.2 Å². The highest BCUT2D eigenvalue weighted by molar-refractivity contribution is 5.04. The number of alkyl halides is 1. The summed E-state index contributed by atoms with van der Waals surface area (Å²) in [6.45, 7) is -4.10. The Morgan fingerprint density at radius 1 is 1.63 bits per heavy atom. The predicted molar refractivity (Wildman–Crippen MR) is 58.9 cm³/mol. The third-order valence-electron chi connectivity index (χ3n) is 2.76. The minimum Gasteiger partial charge on any atom is -0.391 e. The maximum atomic E-state index is 14.2. The van der Waals surface area contributed by atoms with Crippen LogP contribution in [0.5, 0.6) is 0 Å². The van der Waals surface area contributed by atoms with Gasteiger partial charge >= 0.3 is 5.69 Å². The maximum absolute atomic E-state index is 14.2. The summed E-state index contributed by atoms with van der Waals surface area (Å²) < 4.78 is 33.3. The number of hydrogen-bond donors (Lipinski definition) is 4. The van der Waals surface area contributed by atoms with Gasteiger partial charge in [0.2, 0.25) is 5.85 Å². The van der Waals surface area contributed by atoms with E-state index in [0.29, 0.717) is 4.57 Å². The number of nitrogens with one attached hydrogen (secondary N) is 1. The Hall–Kier alpha value is -1.55. The number of H-pyrrole nitrogens is 1. The van der Waals surface area contributed by atoms with Gasteiger partial charge in [0, 0.05) is 12.6 Å². The molecule has 2 rings (SSSR count). The van der Waals surface area contributed by atoms with E-state index in [0.717, 1.165) is 6.20 Å². The van der Waals surface area contributed by atoms with Crippen LogP contribution in [0, 0.1) is 0 Å². The van der Waals surface area contributed by atoms with Crippen molar-refractivity contribution in [3.63, 3.8) is 0 Å². The van der Waals surface area contributed by atoms with Gasteiger partial charge in [-0.2, -0.15) is 0 Å². The molecule has 9 heteroatoms. The standard InChI is InChI=1S/C10H13FN2O6/c11-10(4-15)1-6(16)8(19-10)13-2-5(3-14)7(17)12-9(13)18/h2,6,8,14-16H,1,3-4H2,(H,12,17,18)/t6-,8-,10+/m1/s1/i4D2. The first-order valence-corrected chi connectivity index (χ1v) is 5.31. The smallest absolute Gasteiger partial charge is 0.330 e. The monoisotopic (exact) mass is 278 g/mol. The highest BCUT2D eigenvalue weighted by Gasteiger charge is 2.47. The summed E-state index contributed by atoms with van der Waals surface area (Å²) in [6.07, 6.45) is -3.35. The first-order valence-electron chi connectivity index (χ1n) is 6.31. The fourth-order valence-corrected chi connectivity index (χ4v) is 1.83. The summed E-state index contributed by atoms with van der Waals surface area (Å²) in [7, 11) is 0. The molecule has 0 radical (unpaired) electrons. The molecule has 0 bridgehead atoms. The SMILES string of the molecule is [2H]C([2H])(O)[C@]1(F)C[C@@H](O)[C@H](n2cc(CO)c(=O)[nH]c2=O)O1. The Labute approximate surface area is 108 Å². The highest BCUT2D eigenvalue weighted by Crippen LogP contribution is 2.36. The van der Waals surface area contributed by atoms with Gasteiger partial charge in [-0.3, -0.25) is 14.3 Å². The lowest BCUT2D eigenvalue weighted by Gasteiger charge is -2.19. The number of rotatable bonds is 3. The van der Waals surface area contributed by atoms with Crippen molar-refractivity contribution in [1.82, 2.24) is 9.55 Å². The van der Waals surface area contributed by atoms with E-state index in [2.05, 4.69) is 4.74 Å². The van der Waals surface area contributed by atoms with Crippen LogP contribution in [0.2, 0.25) is 0 Å². The highest BCUT2D eigenvalue weighted by atomic mass is 19.2. The number of nitrogens with zero attached hydrogens (tertiary/aromatic N) is 1. The van der Waals surface area contributed by atoms with Crippen LogP contribution in [0.15, 0.2) is 15.8 Å². The summed E-state index contributed by atoms with van der Waals surface area (Å²) in [5.74, 6) is -3.22. The second kappa shape index (κ2) is 4.85. The van der Waals surface area contributed by atoms with Gasteiger partial charge in [-0.1, -0.05) is 0 Å². The Morgan fingerprint density at radius 3 is 2.84 bits per heavy atom. The first-order chi connectivity index (χ1) is 9.59. The number of aromatic nitrogens is 2. The van der Waals surface area contributed by atoms with Gasteiger partial charge in [-0.25, -0.2) is 9.18 Å². The molecule has 106 valence electrons. The van der Waals surface area contributed by atoms with Crippen molar-refractivity contribution < 1.29 is 27.2 Å². The van der Waals surface area contributed by atoms with Gasteiger partial charge in [0.25, 0.3) is 5.56 Å². The van der Waals surface area contributed by atoms with Gasteiger partial charge < -0.3 is 20.1 Å². The van der Waals surface area contributed by atoms with Crippen molar-refractivity contribution in [3.05, 3.63) is 32.6 Å². The quantitative estimate of drug-likeness (QED) is 0.505. The van der Waals surface area contributed by atoms with E-state index in [4.69, 9.17) is 13.0 Å². The molecule has 0 spiro atoms. The molecule has 1 fully saturated rings. The molecule has 0 aromatic carbocycles. The lowest BCUT2D eigenvalue weighted by atomic mass is 10.2. The van der Waals surface area contributed by atoms with Crippen LogP contribution >= 0.6 is 0 Å². The fourth-order valence-electron chi connectivity index (χ4n) is 1.83. The van der Waals surface area contributed by atoms with E-state index in [-0.39, 0.29) is 5.56 Å². The van der Waals surface area contributed by atoms with Crippen LogP contribution in [-0.2, 0) is 11.3 Å². The number of aromatic amines is 1. The Morgan fingerprint density at radius 2 is 2.32 bits per heavy atom. The van der Waals surface area contributed by atoms with Crippen molar-refractivity contribution >= 4 is 0 Å².